The Balaban J connectivity index is 1.94. The molecule has 1 amide bonds. The molecular weight excluding hydrogens is 451 g/mol. The quantitative estimate of drug-likeness (QED) is 0.511. The number of amides is 1. The topological polar surface area (TPSA) is 66.5 Å². The number of nitrogens with zero attached hydrogens (tertiary/aromatic N) is 1. The van der Waals surface area contributed by atoms with Gasteiger partial charge in [0.1, 0.15) is 6.04 Å². The van der Waals surface area contributed by atoms with Crippen LogP contribution in [-0.2, 0) is 20.6 Å². The van der Waals surface area contributed by atoms with Crippen molar-refractivity contribution in [3.8, 4) is 0 Å². The third-order valence-corrected chi connectivity index (χ3v) is 6.85. The summed E-state index contributed by atoms with van der Waals surface area (Å²) in [6.45, 7) is 2.24. The van der Waals surface area contributed by atoms with Gasteiger partial charge in [0, 0.05) is 28.1 Å². The predicted octanol–water partition coefficient (Wildman–Crippen LogP) is 4.59. The Bertz CT molecular complexity index is 904. The fraction of sp³-hybridized carbons (Fsp3) is 0.350. The molecule has 0 saturated carbocycles. The lowest BCUT2D eigenvalue weighted by molar-refractivity contribution is -0.122. The van der Waals surface area contributed by atoms with E-state index in [0.717, 1.165) is 21.9 Å². The van der Waals surface area contributed by atoms with Crippen molar-refractivity contribution < 1.29 is 13.2 Å². The third kappa shape index (κ3) is 7.41. The van der Waals surface area contributed by atoms with Crippen molar-refractivity contribution in [1.29, 1.82) is 0 Å². The largest absolute Gasteiger partial charge is 0.353 e. The first-order valence-electron chi connectivity index (χ1n) is 9.07. The van der Waals surface area contributed by atoms with Gasteiger partial charge in [-0.05, 0) is 48.4 Å². The van der Waals surface area contributed by atoms with E-state index < -0.39 is 16.1 Å². The van der Waals surface area contributed by atoms with Crippen molar-refractivity contribution in [3.63, 3.8) is 0 Å². The van der Waals surface area contributed by atoms with Crippen LogP contribution in [0.1, 0.15) is 18.9 Å². The summed E-state index contributed by atoms with van der Waals surface area (Å²) in [7, 11) is -3.65. The van der Waals surface area contributed by atoms with Crippen LogP contribution in [0.2, 0.25) is 10.0 Å². The molecule has 2 aromatic rings. The maximum absolute atomic E-state index is 12.7. The molecule has 0 radical (unpaired) electrons. The van der Waals surface area contributed by atoms with E-state index in [0.29, 0.717) is 34.5 Å². The van der Waals surface area contributed by atoms with Gasteiger partial charge < -0.3 is 5.32 Å². The molecule has 0 unspecified atom stereocenters. The summed E-state index contributed by atoms with van der Waals surface area (Å²) >= 11 is 13.5. The van der Waals surface area contributed by atoms with Crippen LogP contribution in [0.25, 0.3) is 0 Å². The number of sulfonamides is 1. The van der Waals surface area contributed by atoms with Crippen LogP contribution in [0.15, 0.2) is 48.5 Å². The van der Waals surface area contributed by atoms with E-state index in [2.05, 4.69) is 5.32 Å². The van der Waals surface area contributed by atoms with Gasteiger partial charge in [0.15, 0.2) is 0 Å². The van der Waals surface area contributed by atoms with Crippen molar-refractivity contribution >= 4 is 56.6 Å². The van der Waals surface area contributed by atoms with Gasteiger partial charge >= 0.3 is 0 Å². The van der Waals surface area contributed by atoms with Gasteiger partial charge in [-0.2, -0.15) is 11.8 Å². The standard InChI is InChI=1S/C20H24Cl2N2O3S2/c1-3-19(24(29(2,26)27)18-10-8-17(22)9-11-18)20(25)23-12-13-28-14-15-4-6-16(21)7-5-15/h4-11,19H,3,12-14H2,1-2H3,(H,23,25)/t19-/m1/s1. The monoisotopic (exact) mass is 474 g/mol. The highest BCUT2D eigenvalue weighted by molar-refractivity contribution is 7.98. The molecule has 2 aromatic carbocycles. The molecule has 2 rings (SSSR count). The fourth-order valence-corrected chi connectivity index (χ4v) is 5.07. The van der Waals surface area contributed by atoms with E-state index in [9.17, 15) is 13.2 Å². The van der Waals surface area contributed by atoms with E-state index in [1.165, 1.54) is 0 Å². The molecule has 0 aliphatic rings. The zero-order valence-electron chi connectivity index (χ0n) is 16.3. The van der Waals surface area contributed by atoms with Crippen LogP contribution in [-0.4, -0.2) is 38.9 Å². The van der Waals surface area contributed by atoms with Gasteiger partial charge in [-0.3, -0.25) is 9.10 Å². The summed E-state index contributed by atoms with van der Waals surface area (Å²) in [5.41, 5.74) is 1.57. The first-order valence-corrected chi connectivity index (χ1v) is 12.8. The van der Waals surface area contributed by atoms with Crippen molar-refractivity contribution in [2.45, 2.75) is 25.1 Å². The molecule has 0 heterocycles. The molecule has 5 nitrogen and oxygen atoms in total. The van der Waals surface area contributed by atoms with Crippen molar-refractivity contribution in [3.05, 3.63) is 64.1 Å². The normalized spacial score (nSPS) is 12.4. The molecule has 158 valence electrons. The first-order chi connectivity index (χ1) is 13.7. The maximum atomic E-state index is 12.7. The Morgan fingerprint density at radius 2 is 1.62 bits per heavy atom. The Morgan fingerprint density at radius 3 is 2.14 bits per heavy atom. The second-order valence-electron chi connectivity index (χ2n) is 6.43. The minimum Gasteiger partial charge on any atom is -0.353 e. The summed E-state index contributed by atoms with van der Waals surface area (Å²) in [4.78, 5) is 12.7. The molecule has 29 heavy (non-hydrogen) atoms. The van der Waals surface area contributed by atoms with Crippen molar-refractivity contribution in [2.75, 3.05) is 22.9 Å². The van der Waals surface area contributed by atoms with Crippen molar-refractivity contribution in [1.82, 2.24) is 5.32 Å². The maximum Gasteiger partial charge on any atom is 0.243 e. The number of benzene rings is 2. The number of carbonyl (C=O) groups excluding carboxylic acids is 1. The molecule has 0 aliphatic heterocycles. The average molecular weight is 475 g/mol. The van der Waals surface area contributed by atoms with Gasteiger partial charge in [0.25, 0.3) is 0 Å². The highest BCUT2D eigenvalue weighted by Crippen LogP contribution is 2.24. The third-order valence-electron chi connectivity index (χ3n) is 4.14. The van der Waals surface area contributed by atoms with E-state index in [1.807, 2.05) is 24.3 Å². The van der Waals surface area contributed by atoms with Gasteiger partial charge in [0.2, 0.25) is 15.9 Å². The van der Waals surface area contributed by atoms with Crippen LogP contribution < -0.4 is 9.62 Å². The number of nitrogens with one attached hydrogen (secondary N) is 1. The molecule has 0 saturated heterocycles. The van der Waals surface area contributed by atoms with E-state index in [4.69, 9.17) is 23.2 Å². The number of thioether (sulfide) groups is 1. The van der Waals surface area contributed by atoms with Crippen molar-refractivity contribution in [2.24, 2.45) is 0 Å². The molecule has 0 aromatic heterocycles. The van der Waals surface area contributed by atoms with E-state index >= 15 is 0 Å². The van der Waals surface area contributed by atoms with Gasteiger partial charge in [0.05, 0.1) is 11.9 Å². The van der Waals surface area contributed by atoms with Gasteiger partial charge in [-0.1, -0.05) is 42.3 Å². The Hall–Kier alpha value is -1.41. The number of anilines is 1. The second kappa shape index (κ2) is 11.1. The molecule has 1 atom stereocenters. The van der Waals surface area contributed by atoms with Gasteiger partial charge in [-0.15, -0.1) is 0 Å². The number of carbonyl (C=O) groups is 1. The lowest BCUT2D eigenvalue weighted by Gasteiger charge is -2.30. The van der Waals surface area contributed by atoms with Crippen LogP contribution in [0.4, 0.5) is 5.69 Å². The van der Waals surface area contributed by atoms with E-state index in [-0.39, 0.29) is 5.91 Å². The molecule has 0 aliphatic carbocycles. The highest BCUT2D eigenvalue weighted by atomic mass is 35.5. The summed E-state index contributed by atoms with van der Waals surface area (Å²) in [5, 5.41) is 4.05. The summed E-state index contributed by atoms with van der Waals surface area (Å²) in [6, 6.07) is 13.2. The first kappa shape index (κ1) is 23.9. The predicted molar refractivity (Wildman–Crippen MR) is 123 cm³/mol. The minimum absolute atomic E-state index is 0.319. The molecule has 9 heteroatoms. The smallest absolute Gasteiger partial charge is 0.243 e. The Morgan fingerprint density at radius 1 is 1.07 bits per heavy atom. The number of halogens is 2. The lowest BCUT2D eigenvalue weighted by atomic mass is 10.2. The summed E-state index contributed by atoms with van der Waals surface area (Å²) in [5.74, 6) is 1.20. The van der Waals surface area contributed by atoms with Crippen LogP contribution in [0, 0.1) is 0 Å². The zero-order chi connectivity index (χ0) is 21.4. The zero-order valence-corrected chi connectivity index (χ0v) is 19.4. The summed E-state index contributed by atoms with van der Waals surface area (Å²) in [6.07, 6.45) is 1.44. The Kier molecular flexibility index (Phi) is 9.14. The number of rotatable bonds is 10. The fourth-order valence-electron chi connectivity index (χ4n) is 2.78. The van der Waals surface area contributed by atoms with Crippen LogP contribution >= 0.6 is 35.0 Å². The van der Waals surface area contributed by atoms with Crippen LogP contribution in [0.3, 0.4) is 0 Å². The minimum atomic E-state index is -3.65. The lowest BCUT2D eigenvalue weighted by Crippen LogP contribution is -2.49. The van der Waals surface area contributed by atoms with Gasteiger partial charge in [-0.25, -0.2) is 8.42 Å². The second-order valence-corrected chi connectivity index (χ2v) is 10.3. The molecular formula is C20H24Cl2N2O3S2. The molecule has 0 spiro atoms. The molecule has 0 fully saturated rings. The summed E-state index contributed by atoms with van der Waals surface area (Å²) < 4.78 is 25.9. The SMILES string of the molecule is CC[C@H](C(=O)NCCSCc1ccc(Cl)cc1)N(c1ccc(Cl)cc1)S(C)(=O)=O. The molecule has 1 N–H and O–H groups in total. The molecule has 0 bridgehead atoms. The number of hydrogen-bond donors (Lipinski definition) is 1. The number of hydrogen-bond acceptors (Lipinski definition) is 4. The van der Waals surface area contributed by atoms with E-state index in [1.54, 1.807) is 43.0 Å². The highest BCUT2D eigenvalue weighted by Gasteiger charge is 2.31. The average Bonchev–Trinajstić information content (AvgIpc) is 2.67. The van der Waals surface area contributed by atoms with Crippen LogP contribution in [0.5, 0.6) is 0 Å². The Labute approximate surface area is 186 Å².